The topological polar surface area (TPSA) is 62.7 Å². The van der Waals surface area contributed by atoms with E-state index in [9.17, 15) is 0 Å². The van der Waals surface area contributed by atoms with Gasteiger partial charge in [0, 0.05) is 21.4 Å². The van der Waals surface area contributed by atoms with Crippen LogP contribution in [0.5, 0.6) is 0 Å². The van der Waals surface area contributed by atoms with Crippen LogP contribution < -0.4 is 10.6 Å². The standard InChI is InChI=1S/C16H13Cl2N5/c1-10-13(18)3-2-4-14(10)21-16-22-15(9-19-23-16)20-12-7-5-11(17)6-8-12/h2-9H,1H3,(H2,20,21,22,23). The molecule has 0 atom stereocenters. The molecule has 0 unspecified atom stereocenters. The summed E-state index contributed by atoms with van der Waals surface area (Å²) in [6, 6.07) is 12.9. The highest BCUT2D eigenvalue weighted by Gasteiger charge is 2.06. The molecule has 0 aliphatic rings. The van der Waals surface area contributed by atoms with Gasteiger partial charge < -0.3 is 10.6 Å². The predicted octanol–water partition coefficient (Wildman–Crippen LogP) is 4.97. The summed E-state index contributed by atoms with van der Waals surface area (Å²) < 4.78 is 0. The fourth-order valence-electron chi connectivity index (χ4n) is 1.96. The van der Waals surface area contributed by atoms with Crippen LogP contribution >= 0.6 is 23.2 Å². The molecule has 0 saturated heterocycles. The molecule has 0 fully saturated rings. The van der Waals surface area contributed by atoms with Crippen molar-refractivity contribution in [2.24, 2.45) is 0 Å². The lowest BCUT2D eigenvalue weighted by atomic mass is 10.2. The minimum absolute atomic E-state index is 0.384. The van der Waals surface area contributed by atoms with Crippen molar-refractivity contribution in [1.29, 1.82) is 0 Å². The fraction of sp³-hybridized carbons (Fsp3) is 0.0625. The molecule has 0 aliphatic heterocycles. The van der Waals surface area contributed by atoms with Crippen molar-refractivity contribution >= 4 is 46.3 Å². The zero-order valence-electron chi connectivity index (χ0n) is 12.2. The lowest BCUT2D eigenvalue weighted by Crippen LogP contribution is -2.03. The molecule has 7 heteroatoms. The second-order valence-electron chi connectivity index (χ2n) is 4.83. The average Bonchev–Trinajstić information content (AvgIpc) is 2.54. The van der Waals surface area contributed by atoms with Gasteiger partial charge in [0.05, 0.1) is 6.20 Å². The van der Waals surface area contributed by atoms with Crippen LogP contribution in [0.15, 0.2) is 48.7 Å². The first kappa shape index (κ1) is 15.5. The van der Waals surface area contributed by atoms with E-state index < -0.39 is 0 Å². The Hall–Kier alpha value is -2.37. The molecule has 3 aromatic rings. The number of hydrogen-bond donors (Lipinski definition) is 2. The Morgan fingerprint density at radius 2 is 1.74 bits per heavy atom. The molecule has 0 spiro atoms. The molecule has 3 rings (SSSR count). The number of hydrogen-bond acceptors (Lipinski definition) is 5. The lowest BCUT2D eigenvalue weighted by molar-refractivity contribution is 0.982. The van der Waals surface area contributed by atoms with Crippen molar-refractivity contribution in [1.82, 2.24) is 15.2 Å². The SMILES string of the molecule is Cc1c(Cl)cccc1Nc1nncc(Nc2ccc(Cl)cc2)n1. The van der Waals surface area contributed by atoms with Gasteiger partial charge in [-0.1, -0.05) is 29.3 Å². The molecule has 116 valence electrons. The Morgan fingerprint density at radius 1 is 0.957 bits per heavy atom. The molecule has 5 nitrogen and oxygen atoms in total. The summed E-state index contributed by atoms with van der Waals surface area (Å²) in [5, 5.41) is 15.6. The minimum Gasteiger partial charge on any atom is -0.339 e. The van der Waals surface area contributed by atoms with Gasteiger partial charge in [-0.3, -0.25) is 0 Å². The Bertz CT molecular complexity index is 821. The molecule has 1 heterocycles. The maximum absolute atomic E-state index is 6.11. The van der Waals surface area contributed by atoms with Crippen LogP contribution in [0.3, 0.4) is 0 Å². The van der Waals surface area contributed by atoms with Crippen LogP contribution in [-0.2, 0) is 0 Å². The highest BCUT2D eigenvalue weighted by Crippen LogP contribution is 2.25. The van der Waals surface area contributed by atoms with Crippen LogP contribution in [0.25, 0.3) is 0 Å². The zero-order chi connectivity index (χ0) is 16.2. The van der Waals surface area contributed by atoms with Crippen molar-refractivity contribution in [3.05, 3.63) is 64.3 Å². The van der Waals surface area contributed by atoms with E-state index in [1.807, 2.05) is 37.3 Å². The molecule has 0 aliphatic carbocycles. The van der Waals surface area contributed by atoms with E-state index in [2.05, 4.69) is 25.8 Å². The first-order valence-electron chi connectivity index (χ1n) is 6.86. The Labute approximate surface area is 143 Å². The second-order valence-corrected chi connectivity index (χ2v) is 5.68. The fourth-order valence-corrected chi connectivity index (χ4v) is 2.26. The van der Waals surface area contributed by atoms with Crippen LogP contribution in [0.1, 0.15) is 5.56 Å². The third-order valence-corrected chi connectivity index (χ3v) is 3.85. The van der Waals surface area contributed by atoms with Gasteiger partial charge in [0.2, 0.25) is 5.95 Å². The minimum atomic E-state index is 0.384. The van der Waals surface area contributed by atoms with Crippen molar-refractivity contribution in [3.8, 4) is 0 Å². The molecular weight excluding hydrogens is 333 g/mol. The smallest absolute Gasteiger partial charge is 0.249 e. The largest absolute Gasteiger partial charge is 0.339 e. The normalized spacial score (nSPS) is 10.4. The molecule has 0 radical (unpaired) electrons. The van der Waals surface area contributed by atoms with Gasteiger partial charge in [-0.15, -0.1) is 5.10 Å². The quantitative estimate of drug-likeness (QED) is 0.698. The van der Waals surface area contributed by atoms with Crippen molar-refractivity contribution in [2.45, 2.75) is 6.92 Å². The van der Waals surface area contributed by atoms with E-state index in [0.29, 0.717) is 21.8 Å². The summed E-state index contributed by atoms with van der Waals surface area (Å²) in [4.78, 5) is 4.38. The van der Waals surface area contributed by atoms with E-state index in [4.69, 9.17) is 23.2 Å². The van der Waals surface area contributed by atoms with Gasteiger partial charge in [-0.25, -0.2) is 0 Å². The van der Waals surface area contributed by atoms with Crippen LogP contribution in [0.2, 0.25) is 10.0 Å². The zero-order valence-corrected chi connectivity index (χ0v) is 13.7. The van der Waals surface area contributed by atoms with E-state index in [1.54, 1.807) is 18.3 Å². The second kappa shape index (κ2) is 6.81. The number of rotatable bonds is 4. The summed E-state index contributed by atoms with van der Waals surface area (Å²) in [7, 11) is 0. The molecule has 23 heavy (non-hydrogen) atoms. The molecule has 1 aromatic heterocycles. The van der Waals surface area contributed by atoms with Gasteiger partial charge in [0.1, 0.15) is 0 Å². The maximum atomic E-state index is 6.11. The summed E-state index contributed by atoms with van der Waals surface area (Å²) in [5.41, 5.74) is 2.62. The number of halogens is 2. The molecule has 2 aromatic carbocycles. The van der Waals surface area contributed by atoms with Crippen LogP contribution in [0, 0.1) is 6.92 Å². The predicted molar refractivity (Wildman–Crippen MR) is 94.0 cm³/mol. The van der Waals surface area contributed by atoms with Crippen molar-refractivity contribution in [3.63, 3.8) is 0 Å². The van der Waals surface area contributed by atoms with Crippen molar-refractivity contribution < 1.29 is 0 Å². The summed E-state index contributed by atoms with van der Waals surface area (Å²) in [5.74, 6) is 0.957. The van der Waals surface area contributed by atoms with E-state index in [1.165, 1.54) is 0 Å². The number of nitrogens with one attached hydrogen (secondary N) is 2. The van der Waals surface area contributed by atoms with Gasteiger partial charge in [0.25, 0.3) is 0 Å². The first-order valence-corrected chi connectivity index (χ1v) is 7.62. The average molecular weight is 346 g/mol. The van der Waals surface area contributed by atoms with Gasteiger partial charge in [-0.05, 0) is 48.9 Å². The molecule has 0 bridgehead atoms. The third kappa shape index (κ3) is 3.88. The molecule has 2 N–H and O–H groups in total. The Kier molecular flexibility index (Phi) is 4.60. The van der Waals surface area contributed by atoms with Crippen LogP contribution in [0.4, 0.5) is 23.1 Å². The van der Waals surface area contributed by atoms with Gasteiger partial charge >= 0.3 is 0 Å². The molecular formula is C16H13Cl2N5. The molecule has 0 saturated carbocycles. The summed E-state index contributed by atoms with van der Waals surface area (Å²) in [6.45, 7) is 1.92. The third-order valence-electron chi connectivity index (χ3n) is 3.19. The Balaban J connectivity index is 1.79. The first-order chi connectivity index (χ1) is 11.1. The summed E-state index contributed by atoms with van der Waals surface area (Å²) >= 11 is 12.0. The maximum Gasteiger partial charge on any atom is 0.249 e. The van der Waals surface area contributed by atoms with Crippen molar-refractivity contribution in [2.75, 3.05) is 10.6 Å². The molecule has 0 amide bonds. The number of benzene rings is 2. The summed E-state index contributed by atoms with van der Waals surface area (Å²) in [6.07, 6.45) is 1.55. The number of anilines is 4. The van der Waals surface area contributed by atoms with Crippen LogP contribution in [-0.4, -0.2) is 15.2 Å². The highest BCUT2D eigenvalue weighted by atomic mass is 35.5. The monoisotopic (exact) mass is 345 g/mol. The van der Waals surface area contributed by atoms with Gasteiger partial charge in [-0.2, -0.15) is 10.1 Å². The highest BCUT2D eigenvalue weighted by molar-refractivity contribution is 6.31. The lowest BCUT2D eigenvalue weighted by Gasteiger charge is -2.10. The number of nitrogens with zero attached hydrogens (tertiary/aromatic N) is 3. The van der Waals surface area contributed by atoms with E-state index in [-0.39, 0.29) is 0 Å². The van der Waals surface area contributed by atoms with E-state index in [0.717, 1.165) is 16.9 Å². The van der Waals surface area contributed by atoms with Gasteiger partial charge in [0.15, 0.2) is 5.82 Å². The van der Waals surface area contributed by atoms with E-state index >= 15 is 0 Å². The number of aromatic nitrogens is 3. The Morgan fingerprint density at radius 3 is 2.52 bits per heavy atom.